The molecular formula is C17H26O. The van der Waals surface area contributed by atoms with Crippen molar-refractivity contribution in [3.05, 3.63) is 35.4 Å². The Hall–Kier alpha value is -0.820. The first-order valence-corrected chi connectivity index (χ1v) is 7.35. The van der Waals surface area contributed by atoms with Crippen molar-refractivity contribution in [2.24, 2.45) is 5.92 Å². The van der Waals surface area contributed by atoms with Crippen molar-refractivity contribution in [2.75, 3.05) is 0 Å². The molecule has 1 nitrogen and oxygen atoms in total. The highest BCUT2D eigenvalue weighted by atomic mass is 16.5. The topological polar surface area (TPSA) is 9.23 Å². The van der Waals surface area contributed by atoms with E-state index in [1.807, 2.05) is 0 Å². The van der Waals surface area contributed by atoms with Gasteiger partial charge in [0.2, 0.25) is 0 Å². The average Bonchev–Trinajstić information content (AvgIpc) is 2.37. The standard InChI is InChI=1S/C17H26O/c1-13(2)18-12-15-7-9-16(10-8-15)17-6-4-5-14(3)11-17/h7-10,13-14,17H,4-6,11-12H2,1-3H3/t14-,17+/m0/s1. The van der Waals surface area contributed by atoms with Crippen molar-refractivity contribution in [2.45, 2.75) is 65.1 Å². The van der Waals surface area contributed by atoms with E-state index in [4.69, 9.17) is 4.74 Å². The first-order valence-electron chi connectivity index (χ1n) is 7.35. The Bertz CT molecular complexity index is 352. The summed E-state index contributed by atoms with van der Waals surface area (Å²) in [4.78, 5) is 0. The fourth-order valence-electron chi connectivity index (χ4n) is 2.89. The number of hydrogen-bond donors (Lipinski definition) is 0. The van der Waals surface area contributed by atoms with Gasteiger partial charge in [-0.3, -0.25) is 0 Å². The summed E-state index contributed by atoms with van der Waals surface area (Å²) in [5.74, 6) is 1.68. The fraction of sp³-hybridized carbons (Fsp3) is 0.647. The zero-order chi connectivity index (χ0) is 13.0. The van der Waals surface area contributed by atoms with Crippen molar-refractivity contribution in [1.29, 1.82) is 0 Å². The molecule has 18 heavy (non-hydrogen) atoms. The molecule has 0 aliphatic heterocycles. The highest BCUT2D eigenvalue weighted by Crippen LogP contribution is 2.35. The van der Waals surface area contributed by atoms with Crippen LogP contribution in [0.1, 0.15) is 63.5 Å². The molecule has 2 rings (SSSR count). The summed E-state index contributed by atoms with van der Waals surface area (Å²) in [6.07, 6.45) is 5.85. The van der Waals surface area contributed by atoms with E-state index >= 15 is 0 Å². The lowest BCUT2D eigenvalue weighted by molar-refractivity contribution is 0.0657. The quantitative estimate of drug-likeness (QED) is 0.733. The Labute approximate surface area is 112 Å². The van der Waals surface area contributed by atoms with Crippen LogP contribution in [-0.4, -0.2) is 6.10 Å². The van der Waals surface area contributed by atoms with E-state index in [0.717, 1.165) is 18.4 Å². The molecule has 1 heteroatoms. The maximum Gasteiger partial charge on any atom is 0.0720 e. The largest absolute Gasteiger partial charge is 0.374 e. The summed E-state index contributed by atoms with van der Waals surface area (Å²) in [5, 5.41) is 0. The van der Waals surface area contributed by atoms with Gasteiger partial charge in [0.1, 0.15) is 0 Å². The lowest BCUT2D eigenvalue weighted by Gasteiger charge is -2.27. The maximum atomic E-state index is 5.63. The normalized spacial score (nSPS) is 24.4. The minimum absolute atomic E-state index is 0.309. The van der Waals surface area contributed by atoms with Gasteiger partial charge in [-0.2, -0.15) is 0 Å². The van der Waals surface area contributed by atoms with E-state index in [-0.39, 0.29) is 0 Å². The second kappa shape index (κ2) is 6.38. The molecular weight excluding hydrogens is 220 g/mol. The van der Waals surface area contributed by atoms with E-state index in [1.165, 1.54) is 36.8 Å². The van der Waals surface area contributed by atoms with E-state index in [2.05, 4.69) is 45.0 Å². The van der Waals surface area contributed by atoms with Gasteiger partial charge in [-0.25, -0.2) is 0 Å². The molecule has 0 amide bonds. The average molecular weight is 246 g/mol. The highest BCUT2D eigenvalue weighted by molar-refractivity contribution is 5.25. The Kier molecular flexibility index (Phi) is 4.82. The summed E-state index contributed by atoms with van der Waals surface area (Å²) in [7, 11) is 0. The number of ether oxygens (including phenoxy) is 1. The van der Waals surface area contributed by atoms with Crippen LogP contribution in [0.4, 0.5) is 0 Å². The molecule has 0 aromatic heterocycles. The third-order valence-electron chi connectivity index (χ3n) is 3.97. The Balaban J connectivity index is 1.94. The summed E-state index contributed by atoms with van der Waals surface area (Å²) < 4.78 is 5.63. The van der Waals surface area contributed by atoms with Crippen LogP contribution in [0.3, 0.4) is 0 Å². The number of rotatable bonds is 4. The smallest absolute Gasteiger partial charge is 0.0720 e. The molecule has 1 saturated carbocycles. The Morgan fingerprint density at radius 1 is 1.17 bits per heavy atom. The first-order chi connectivity index (χ1) is 8.65. The van der Waals surface area contributed by atoms with Crippen LogP contribution in [0.25, 0.3) is 0 Å². The van der Waals surface area contributed by atoms with Gasteiger partial charge in [0, 0.05) is 0 Å². The zero-order valence-corrected chi connectivity index (χ0v) is 12.0. The van der Waals surface area contributed by atoms with Crippen LogP contribution in [0.5, 0.6) is 0 Å². The number of hydrogen-bond acceptors (Lipinski definition) is 1. The van der Waals surface area contributed by atoms with Gasteiger partial charge in [-0.15, -0.1) is 0 Å². The lowest BCUT2D eigenvalue weighted by Crippen LogP contribution is -2.11. The monoisotopic (exact) mass is 246 g/mol. The van der Waals surface area contributed by atoms with Gasteiger partial charge in [0.05, 0.1) is 12.7 Å². The molecule has 1 aromatic rings. The van der Waals surface area contributed by atoms with Gasteiger partial charge in [0.15, 0.2) is 0 Å². The third-order valence-corrected chi connectivity index (χ3v) is 3.97. The van der Waals surface area contributed by atoms with Crippen LogP contribution >= 0.6 is 0 Å². The fourth-order valence-corrected chi connectivity index (χ4v) is 2.89. The van der Waals surface area contributed by atoms with E-state index in [0.29, 0.717) is 6.10 Å². The van der Waals surface area contributed by atoms with Gasteiger partial charge in [-0.05, 0) is 49.7 Å². The van der Waals surface area contributed by atoms with E-state index in [9.17, 15) is 0 Å². The third kappa shape index (κ3) is 3.84. The minimum Gasteiger partial charge on any atom is -0.374 e. The summed E-state index contributed by atoms with van der Waals surface area (Å²) in [6, 6.07) is 9.08. The van der Waals surface area contributed by atoms with Gasteiger partial charge < -0.3 is 4.74 Å². The van der Waals surface area contributed by atoms with Crippen molar-refractivity contribution >= 4 is 0 Å². The summed E-state index contributed by atoms with van der Waals surface area (Å²) in [5.41, 5.74) is 2.81. The molecule has 0 bridgehead atoms. The van der Waals surface area contributed by atoms with Gasteiger partial charge >= 0.3 is 0 Å². The molecule has 1 aliphatic rings. The van der Waals surface area contributed by atoms with E-state index in [1.54, 1.807) is 0 Å². The predicted molar refractivity (Wildman–Crippen MR) is 76.7 cm³/mol. The lowest BCUT2D eigenvalue weighted by atomic mass is 9.79. The molecule has 0 N–H and O–H groups in total. The molecule has 0 radical (unpaired) electrons. The van der Waals surface area contributed by atoms with E-state index < -0.39 is 0 Å². The van der Waals surface area contributed by atoms with Crippen LogP contribution < -0.4 is 0 Å². The Morgan fingerprint density at radius 2 is 1.89 bits per heavy atom. The summed E-state index contributed by atoms with van der Waals surface area (Å²) in [6.45, 7) is 7.28. The molecule has 0 unspecified atom stereocenters. The van der Waals surface area contributed by atoms with Crippen molar-refractivity contribution in [3.8, 4) is 0 Å². The zero-order valence-electron chi connectivity index (χ0n) is 12.0. The van der Waals surface area contributed by atoms with Crippen molar-refractivity contribution in [3.63, 3.8) is 0 Å². The first kappa shape index (κ1) is 13.6. The van der Waals surface area contributed by atoms with Crippen LogP contribution in [0.15, 0.2) is 24.3 Å². The molecule has 100 valence electrons. The van der Waals surface area contributed by atoms with Crippen molar-refractivity contribution < 1.29 is 4.74 Å². The van der Waals surface area contributed by atoms with Crippen LogP contribution in [0, 0.1) is 5.92 Å². The van der Waals surface area contributed by atoms with Gasteiger partial charge in [-0.1, -0.05) is 44.0 Å². The molecule has 0 heterocycles. The predicted octanol–water partition coefficient (Wildman–Crippen LogP) is 4.91. The molecule has 1 aromatic carbocycles. The van der Waals surface area contributed by atoms with Crippen LogP contribution in [0.2, 0.25) is 0 Å². The van der Waals surface area contributed by atoms with Gasteiger partial charge in [0.25, 0.3) is 0 Å². The molecule has 0 saturated heterocycles. The highest BCUT2D eigenvalue weighted by Gasteiger charge is 2.20. The SMILES string of the molecule is CC(C)OCc1ccc([C@@H]2CCC[C@H](C)C2)cc1. The molecule has 1 aliphatic carbocycles. The summed E-state index contributed by atoms with van der Waals surface area (Å²) >= 11 is 0. The number of benzene rings is 1. The Morgan fingerprint density at radius 3 is 2.50 bits per heavy atom. The second-order valence-corrected chi connectivity index (χ2v) is 6.07. The molecule has 1 fully saturated rings. The van der Waals surface area contributed by atoms with Crippen molar-refractivity contribution in [1.82, 2.24) is 0 Å². The molecule has 2 atom stereocenters. The molecule has 0 spiro atoms. The second-order valence-electron chi connectivity index (χ2n) is 6.07. The minimum atomic E-state index is 0.309. The maximum absolute atomic E-state index is 5.63. The van der Waals surface area contributed by atoms with Crippen LogP contribution in [-0.2, 0) is 11.3 Å².